The van der Waals surface area contributed by atoms with E-state index in [9.17, 15) is 4.79 Å². The maximum absolute atomic E-state index is 12.6. The van der Waals surface area contributed by atoms with E-state index in [1.807, 2.05) is 48.1 Å². The molecule has 1 amide bonds. The molecule has 112 valence electrons. The zero-order valence-corrected chi connectivity index (χ0v) is 12.3. The number of imidazole rings is 1. The molecule has 2 heterocycles. The van der Waals surface area contributed by atoms with Gasteiger partial charge in [-0.15, -0.1) is 0 Å². The molecule has 0 radical (unpaired) electrons. The van der Waals surface area contributed by atoms with Crippen LogP contribution in [0.3, 0.4) is 0 Å². The molecule has 0 aliphatic rings. The standard InChI is InChI=1S/C17H17N3O2/c1-19-10-9-18-16(19)13-20(12-14-6-3-2-4-7-14)17(21)15-8-5-11-22-15/h2-11H,12-13H2,1H3. The second-order valence-electron chi connectivity index (χ2n) is 5.08. The summed E-state index contributed by atoms with van der Waals surface area (Å²) in [6, 6.07) is 13.3. The van der Waals surface area contributed by atoms with Crippen LogP contribution in [0.25, 0.3) is 0 Å². The van der Waals surface area contributed by atoms with Gasteiger partial charge in [0.15, 0.2) is 5.76 Å². The third kappa shape index (κ3) is 3.09. The highest BCUT2D eigenvalue weighted by Crippen LogP contribution is 2.13. The molecule has 0 bridgehead atoms. The van der Waals surface area contributed by atoms with Gasteiger partial charge >= 0.3 is 0 Å². The zero-order valence-electron chi connectivity index (χ0n) is 12.3. The summed E-state index contributed by atoms with van der Waals surface area (Å²) in [5, 5.41) is 0. The molecule has 0 fully saturated rings. The highest BCUT2D eigenvalue weighted by atomic mass is 16.3. The normalized spacial score (nSPS) is 10.6. The lowest BCUT2D eigenvalue weighted by Gasteiger charge is -2.21. The van der Waals surface area contributed by atoms with Crippen LogP contribution in [0.4, 0.5) is 0 Å². The van der Waals surface area contributed by atoms with E-state index >= 15 is 0 Å². The Hall–Kier alpha value is -2.82. The number of benzene rings is 1. The first-order chi connectivity index (χ1) is 10.7. The van der Waals surface area contributed by atoms with Crippen molar-refractivity contribution in [3.05, 3.63) is 78.3 Å². The second-order valence-corrected chi connectivity index (χ2v) is 5.08. The molecule has 0 saturated carbocycles. The van der Waals surface area contributed by atoms with Crippen molar-refractivity contribution in [2.24, 2.45) is 7.05 Å². The van der Waals surface area contributed by atoms with Gasteiger partial charge in [-0.2, -0.15) is 0 Å². The average Bonchev–Trinajstić information content (AvgIpc) is 3.19. The summed E-state index contributed by atoms with van der Waals surface area (Å²) in [4.78, 5) is 18.7. The predicted octanol–water partition coefficient (Wildman–Crippen LogP) is 2.86. The molecule has 0 saturated heterocycles. The topological polar surface area (TPSA) is 51.3 Å². The molecular weight excluding hydrogens is 278 g/mol. The van der Waals surface area contributed by atoms with Crippen LogP contribution in [0.2, 0.25) is 0 Å². The SMILES string of the molecule is Cn1ccnc1CN(Cc1ccccc1)C(=O)c1ccco1. The lowest BCUT2D eigenvalue weighted by Crippen LogP contribution is -2.31. The highest BCUT2D eigenvalue weighted by molar-refractivity contribution is 5.91. The fourth-order valence-corrected chi connectivity index (χ4v) is 2.28. The summed E-state index contributed by atoms with van der Waals surface area (Å²) in [7, 11) is 1.92. The van der Waals surface area contributed by atoms with Crippen LogP contribution in [0, 0.1) is 0 Å². The minimum atomic E-state index is -0.142. The number of aromatic nitrogens is 2. The third-order valence-electron chi connectivity index (χ3n) is 3.49. The molecule has 5 heteroatoms. The van der Waals surface area contributed by atoms with Crippen molar-refractivity contribution in [2.75, 3.05) is 0 Å². The Morgan fingerprint density at radius 3 is 2.64 bits per heavy atom. The van der Waals surface area contributed by atoms with Crippen LogP contribution in [0.15, 0.2) is 65.5 Å². The molecule has 3 aromatic rings. The molecule has 1 aromatic carbocycles. The number of nitrogens with zero attached hydrogens (tertiary/aromatic N) is 3. The average molecular weight is 295 g/mol. The van der Waals surface area contributed by atoms with Crippen molar-refractivity contribution in [1.82, 2.24) is 14.5 Å². The lowest BCUT2D eigenvalue weighted by molar-refractivity contribution is 0.0691. The Morgan fingerprint density at radius 2 is 2.00 bits per heavy atom. The number of hydrogen-bond donors (Lipinski definition) is 0. The van der Waals surface area contributed by atoms with Crippen molar-refractivity contribution in [1.29, 1.82) is 0 Å². The monoisotopic (exact) mass is 295 g/mol. The molecule has 0 N–H and O–H groups in total. The first-order valence-electron chi connectivity index (χ1n) is 7.07. The van der Waals surface area contributed by atoms with Gasteiger partial charge in [0, 0.05) is 26.0 Å². The van der Waals surface area contributed by atoms with Crippen molar-refractivity contribution in [3.63, 3.8) is 0 Å². The molecule has 0 spiro atoms. The van der Waals surface area contributed by atoms with Gasteiger partial charge in [0.1, 0.15) is 5.82 Å². The Balaban J connectivity index is 1.85. The molecule has 0 aliphatic heterocycles. The Labute approximate surface area is 128 Å². The minimum absolute atomic E-state index is 0.142. The first kappa shape index (κ1) is 14.1. The zero-order chi connectivity index (χ0) is 15.4. The molecule has 5 nitrogen and oxygen atoms in total. The van der Waals surface area contributed by atoms with Crippen LogP contribution >= 0.6 is 0 Å². The van der Waals surface area contributed by atoms with E-state index in [1.54, 1.807) is 23.2 Å². The quantitative estimate of drug-likeness (QED) is 0.727. The largest absolute Gasteiger partial charge is 0.459 e. The van der Waals surface area contributed by atoms with Gasteiger partial charge in [-0.05, 0) is 17.7 Å². The van der Waals surface area contributed by atoms with E-state index in [0.717, 1.165) is 11.4 Å². The van der Waals surface area contributed by atoms with Gasteiger partial charge in [0.25, 0.3) is 5.91 Å². The van der Waals surface area contributed by atoms with E-state index in [4.69, 9.17) is 4.42 Å². The Bertz CT molecular complexity index is 732. The lowest BCUT2D eigenvalue weighted by atomic mass is 10.2. The van der Waals surface area contributed by atoms with Crippen LogP contribution in [0.1, 0.15) is 21.9 Å². The number of furan rings is 1. The molecule has 0 aliphatic carbocycles. The van der Waals surface area contributed by atoms with Crippen molar-refractivity contribution >= 4 is 5.91 Å². The molecule has 2 aromatic heterocycles. The van der Waals surface area contributed by atoms with Crippen LogP contribution in [-0.2, 0) is 20.1 Å². The van der Waals surface area contributed by atoms with Gasteiger partial charge in [0.2, 0.25) is 0 Å². The Morgan fingerprint density at radius 1 is 1.18 bits per heavy atom. The number of aryl methyl sites for hydroxylation is 1. The fraction of sp³-hybridized carbons (Fsp3) is 0.176. The summed E-state index contributed by atoms with van der Waals surface area (Å²) < 4.78 is 7.16. The summed E-state index contributed by atoms with van der Waals surface area (Å²) in [5.74, 6) is 1.03. The van der Waals surface area contributed by atoms with Gasteiger partial charge in [0.05, 0.1) is 12.8 Å². The van der Waals surface area contributed by atoms with E-state index in [0.29, 0.717) is 18.8 Å². The minimum Gasteiger partial charge on any atom is -0.459 e. The first-order valence-corrected chi connectivity index (χ1v) is 7.07. The third-order valence-corrected chi connectivity index (χ3v) is 3.49. The van der Waals surface area contributed by atoms with Gasteiger partial charge in [-0.1, -0.05) is 30.3 Å². The van der Waals surface area contributed by atoms with Crippen LogP contribution in [0.5, 0.6) is 0 Å². The molecule has 22 heavy (non-hydrogen) atoms. The maximum Gasteiger partial charge on any atom is 0.290 e. The fourth-order valence-electron chi connectivity index (χ4n) is 2.28. The second kappa shape index (κ2) is 6.30. The number of hydrogen-bond acceptors (Lipinski definition) is 3. The van der Waals surface area contributed by atoms with Gasteiger partial charge < -0.3 is 13.9 Å². The van der Waals surface area contributed by atoms with E-state index in [1.165, 1.54) is 6.26 Å². The molecular formula is C17H17N3O2. The molecule has 0 atom stereocenters. The summed E-state index contributed by atoms with van der Waals surface area (Å²) in [5.41, 5.74) is 1.07. The smallest absolute Gasteiger partial charge is 0.290 e. The van der Waals surface area contributed by atoms with Crippen molar-refractivity contribution in [3.8, 4) is 0 Å². The van der Waals surface area contributed by atoms with Gasteiger partial charge in [-0.25, -0.2) is 4.98 Å². The number of rotatable bonds is 5. The highest BCUT2D eigenvalue weighted by Gasteiger charge is 2.20. The van der Waals surface area contributed by atoms with E-state index in [-0.39, 0.29) is 5.91 Å². The molecule has 0 unspecified atom stereocenters. The Kier molecular flexibility index (Phi) is 4.05. The maximum atomic E-state index is 12.6. The van der Waals surface area contributed by atoms with Crippen LogP contribution < -0.4 is 0 Å². The van der Waals surface area contributed by atoms with Gasteiger partial charge in [-0.3, -0.25) is 4.79 Å². The van der Waals surface area contributed by atoms with Crippen LogP contribution in [-0.4, -0.2) is 20.4 Å². The summed E-state index contributed by atoms with van der Waals surface area (Å²) >= 11 is 0. The predicted molar refractivity (Wildman–Crippen MR) is 81.9 cm³/mol. The van der Waals surface area contributed by atoms with Crippen molar-refractivity contribution < 1.29 is 9.21 Å². The molecule has 3 rings (SSSR count). The van der Waals surface area contributed by atoms with Crippen molar-refractivity contribution in [2.45, 2.75) is 13.1 Å². The summed E-state index contributed by atoms with van der Waals surface area (Å²) in [6.45, 7) is 0.936. The number of carbonyl (C=O) groups is 1. The number of carbonyl (C=O) groups excluding carboxylic acids is 1. The number of amides is 1. The summed E-state index contributed by atoms with van der Waals surface area (Å²) in [6.07, 6.45) is 5.11. The van der Waals surface area contributed by atoms with E-state index in [2.05, 4.69) is 4.98 Å². The van der Waals surface area contributed by atoms with E-state index < -0.39 is 0 Å².